The van der Waals surface area contributed by atoms with Crippen LogP contribution in [0.2, 0.25) is 0 Å². The number of aromatic amines is 1. The van der Waals surface area contributed by atoms with Crippen LogP contribution in [0.3, 0.4) is 0 Å². The van der Waals surface area contributed by atoms with Crippen molar-refractivity contribution in [2.24, 2.45) is 0 Å². The largest absolute Gasteiger partial charge is 0.356 e. The highest BCUT2D eigenvalue weighted by Crippen LogP contribution is 2.31. The van der Waals surface area contributed by atoms with Crippen LogP contribution in [0.15, 0.2) is 22.9 Å². The maximum Gasteiger partial charge on any atom is 0.271 e. The number of amides is 2. The molecule has 2 fully saturated rings. The van der Waals surface area contributed by atoms with Crippen LogP contribution in [0.5, 0.6) is 0 Å². The fraction of sp³-hybridized carbons (Fsp3) is 0.500. The molecule has 138 valence electrons. The second-order valence-electron chi connectivity index (χ2n) is 7.15. The molecule has 4 heterocycles. The molecule has 1 atom stereocenters. The number of carbonyl (C=O) groups excluding carboxylic acids is 2. The lowest BCUT2D eigenvalue weighted by atomic mass is 9.86. The number of aromatic nitrogens is 2. The smallest absolute Gasteiger partial charge is 0.271 e. The number of hydrogen-bond acceptors (Lipinski definition) is 5. The zero-order valence-corrected chi connectivity index (χ0v) is 15.6. The van der Waals surface area contributed by atoms with Gasteiger partial charge in [0.1, 0.15) is 5.69 Å². The standard InChI is InChI=1S/C18H23N5O2S/c1-22-7-8-23(12-18(22)4-2-16(24)19-6-5-18)17(25)15-10-14(20-21-15)13-3-9-26-11-13/h3,9-11H,2,4-8,12H2,1H3,(H,19,24)(H,20,21)/t18-/m0/s1. The molecule has 26 heavy (non-hydrogen) atoms. The minimum Gasteiger partial charge on any atom is -0.356 e. The van der Waals surface area contributed by atoms with E-state index in [-0.39, 0.29) is 17.4 Å². The lowest BCUT2D eigenvalue weighted by Gasteiger charge is -2.49. The highest BCUT2D eigenvalue weighted by Gasteiger charge is 2.42. The molecule has 8 heteroatoms. The quantitative estimate of drug-likeness (QED) is 0.837. The van der Waals surface area contributed by atoms with Gasteiger partial charge in [0, 0.05) is 49.1 Å². The second kappa shape index (κ2) is 6.85. The molecular formula is C18H23N5O2S. The van der Waals surface area contributed by atoms with Crippen molar-refractivity contribution in [1.29, 1.82) is 0 Å². The first-order chi connectivity index (χ1) is 12.6. The molecule has 0 bridgehead atoms. The number of nitrogens with one attached hydrogen (secondary N) is 2. The number of hydrogen-bond donors (Lipinski definition) is 2. The number of nitrogens with zero attached hydrogens (tertiary/aromatic N) is 3. The summed E-state index contributed by atoms with van der Waals surface area (Å²) in [6.45, 7) is 2.80. The lowest BCUT2D eigenvalue weighted by Crippen LogP contribution is -2.62. The van der Waals surface area contributed by atoms with Crippen molar-refractivity contribution >= 4 is 23.2 Å². The minimum atomic E-state index is -0.136. The van der Waals surface area contributed by atoms with E-state index in [2.05, 4.69) is 27.5 Å². The first kappa shape index (κ1) is 17.2. The summed E-state index contributed by atoms with van der Waals surface area (Å²) in [5.41, 5.74) is 2.20. The van der Waals surface area contributed by atoms with Gasteiger partial charge in [-0.3, -0.25) is 19.6 Å². The molecule has 2 aliphatic rings. The van der Waals surface area contributed by atoms with Crippen molar-refractivity contribution in [2.75, 3.05) is 33.2 Å². The number of rotatable bonds is 2. The van der Waals surface area contributed by atoms with E-state index in [1.165, 1.54) is 0 Å². The van der Waals surface area contributed by atoms with Gasteiger partial charge < -0.3 is 10.2 Å². The predicted molar refractivity (Wildman–Crippen MR) is 100 cm³/mol. The average molecular weight is 373 g/mol. The zero-order chi connectivity index (χ0) is 18.1. The van der Waals surface area contributed by atoms with Crippen molar-refractivity contribution in [2.45, 2.75) is 24.8 Å². The van der Waals surface area contributed by atoms with Gasteiger partial charge >= 0.3 is 0 Å². The van der Waals surface area contributed by atoms with Gasteiger partial charge in [0.05, 0.1) is 5.69 Å². The Morgan fingerprint density at radius 2 is 2.23 bits per heavy atom. The third kappa shape index (κ3) is 3.14. The Labute approximate surface area is 156 Å². The Kier molecular flexibility index (Phi) is 4.54. The van der Waals surface area contributed by atoms with Gasteiger partial charge in [-0.15, -0.1) is 0 Å². The van der Waals surface area contributed by atoms with E-state index in [4.69, 9.17) is 0 Å². The summed E-state index contributed by atoms with van der Waals surface area (Å²) in [4.78, 5) is 29.0. The van der Waals surface area contributed by atoms with Crippen LogP contribution in [0.4, 0.5) is 0 Å². The van der Waals surface area contributed by atoms with Gasteiger partial charge in [0.25, 0.3) is 5.91 Å². The van der Waals surface area contributed by atoms with E-state index in [9.17, 15) is 9.59 Å². The monoisotopic (exact) mass is 373 g/mol. The molecule has 0 unspecified atom stereocenters. The van der Waals surface area contributed by atoms with Crippen LogP contribution in [0.1, 0.15) is 29.8 Å². The predicted octanol–water partition coefficient (Wildman–Crippen LogP) is 1.56. The van der Waals surface area contributed by atoms with E-state index >= 15 is 0 Å². The van der Waals surface area contributed by atoms with Crippen molar-refractivity contribution in [3.8, 4) is 11.3 Å². The van der Waals surface area contributed by atoms with Crippen LogP contribution in [0, 0.1) is 0 Å². The fourth-order valence-corrected chi connectivity index (χ4v) is 4.58. The summed E-state index contributed by atoms with van der Waals surface area (Å²) in [7, 11) is 2.10. The van der Waals surface area contributed by atoms with E-state index in [0.29, 0.717) is 31.7 Å². The Morgan fingerprint density at radius 1 is 1.35 bits per heavy atom. The van der Waals surface area contributed by atoms with E-state index in [1.54, 1.807) is 11.3 Å². The second-order valence-corrected chi connectivity index (χ2v) is 7.93. The topological polar surface area (TPSA) is 81.3 Å². The summed E-state index contributed by atoms with van der Waals surface area (Å²) in [5, 5.41) is 14.1. The Hall–Kier alpha value is -2.19. The zero-order valence-electron chi connectivity index (χ0n) is 14.8. The van der Waals surface area contributed by atoms with Gasteiger partial charge in [-0.25, -0.2) is 0 Å². The van der Waals surface area contributed by atoms with E-state index in [0.717, 1.165) is 30.6 Å². The molecule has 0 radical (unpaired) electrons. The van der Waals surface area contributed by atoms with E-state index in [1.807, 2.05) is 27.8 Å². The first-order valence-corrected chi connectivity index (χ1v) is 9.87. The molecule has 2 aliphatic heterocycles. The van der Waals surface area contributed by atoms with Gasteiger partial charge in [0.15, 0.2) is 0 Å². The van der Waals surface area contributed by atoms with Crippen LogP contribution in [0.25, 0.3) is 11.3 Å². The van der Waals surface area contributed by atoms with Gasteiger partial charge in [-0.1, -0.05) is 0 Å². The maximum atomic E-state index is 13.0. The van der Waals surface area contributed by atoms with Crippen molar-refractivity contribution in [1.82, 2.24) is 25.3 Å². The van der Waals surface area contributed by atoms with Gasteiger partial charge in [-0.2, -0.15) is 16.4 Å². The summed E-state index contributed by atoms with van der Waals surface area (Å²) in [6.07, 6.45) is 2.16. The maximum absolute atomic E-state index is 13.0. The SMILES string of the molecule is CN1CCN(C(=O)c2cc(-c3ccsc3)n[nH]2)C[C@]12CCNC(=O)CC2. The summed E-state index contributed by atoms with van der Waals surface area (Å²) >= 11 is 1.61. The molecule has 0 saturated carbocycles. The molecule has 2 amide bonds. The summed E-state index contributed by atoms with van der Waals surface area (Å²) in [5.74, 6) is 0.0858. The molecule has 0 aliphatic carbocycles. The molecule has 2 aromatic heterocycles. The Balaban J connectivity index is 1.52. The first-order valence-electron chi connectivity index (χ1n) is 8.93. The normalized spacial score (nSPS) is 24.5. The number of likely N-dealkylation sites (N-methyl/N-ethyl adjacent to an activating group) is 1. The summed E-state index contributed by atoms with van der Waals surface area (Å²) < 4.78 is 0. The molecule has 2 saturated heterocycles. The van der Waals surface area contributed by atoms with Crippen molar-refractivity contribution < 1.29 is 9.59 Å². The highest BCUT2D eigenvalue weighted by molar-refractivity contribution is 7.08. The number of H-pyrrole nitrogens is 1. The van der Waals surface area contributed by atoms with Crippen LogP contribution >= 0.6 is 11.3 Å². The third-order valence-electron chi connectivity index (χ3n) is 5.64. The van der Waals surface area contributed by atoms with E-state index < -0.39 is 0 Å². The molecule has 2 aromatic rings. The minimum absolute atomic E-state index is 0.0185. The van der Waals surface area contributed by atoms with Crippen molar-refractivity contribution in [3.63, 3.8) is 0 Å². The average Bonchev–Trinajstić information content (AvgIpc) is 3.29. The summed E-state index contributed by atoms with van der Waals surface area (Å²) in [6, 6.07) is 3.82. The number of thiophene rings is 1. The van der Waals surface area contributed by atoms with Crippen LogP contribution in [-0.4, -0.2) is 70.6 Å². The molecule has 4 rings (SSSR count). The van der Waals surface area contributed by atoms with Crippen molar-refractivity contribution in [3.05, 3.63) is 28.6 Å². The lowest BCUT2D eigenvalue weighted by molar-refractivity contribution is -0.121. The Morgan fingerprint density at radius 3 is 3.04 bits per heavy atom. The molecule has 7 nitrogen and oxygen atoms in total. The Bertz CT molecular complexity index is 802. The van der Waals surface area contributed by atoms with Crippen LogP contribution < -0.4 is 5.32 Å². The molecule has 2 N–H and O–H groups in total. The van der Waals surface area contributed by atoms with Gasteiger partial charge in [0.2, 0.25) is 5.91 Å². The molecule has 1 spiro atoms. The fourth-order valence-electron chi connectivity index (χ4n) is 3.93. The molecular weight excluding hydrogens is 350 g/mol. The van der Waals surface area contributed by atoms with Crippen LogP contribution in [-0.2, 0) is 4.79 Å². The molecule has 0 aromatic carbocycles. The number of carbonyl (C=O) groups is 2. The number of piperazine rings is 1. The third-order valence-corrected chi connectivity index (χ3v) is 6.33. The van der Waals surface area contributed by atoms with Gasteiger partial charge in [-0.05, 0) is 37.4 Å². The highest BCUT2D eigenvalue weighted by atomic mass is 32.1.